The molecule has 1 aliphatic rings. The molecule has 0 aromatic heterocycles. The Morgan fingerprint density at radius 2 is 1.77 bits per heavy atom. The van der Waals surface area contributed by atoms with Crippen LogP contribution < -0.4 is 4.83 Å². The molecule has 1 amide bonds. The third-order valence-electron chi connectivity index (χ3n) is 5.00. The van der Waals surface area contributed by atoms with Crippen molar-refractivity contribution >= 4 is 57.2 Å². The van der Waals surface area contributed by atoms with Crippen molar-refractivity contribution in [2.75, 3.05) is 6.26 Å². The number of nitrogens with zero attached hydrogens (tertiary/aromatic N) is 2. The molecule has 0 radical (unpaired) electrons. The molecule has 0 saturated heterocycles. The van der Waals surface area contributed by atoms with Gasteiger partial charge in [-0.3, -0.25) is 4.79 Å². The first-order chi connectivity index (χ1) is 16.7. The molecule has 1 heterocycles. The number of aromatic carboxylic acids is 1. The Balaban J connectivity index is 1.73. The lowest BCUT2D eigenvalue weighted by atomic mass is 10.2. The van der Waals surface area contributed by atoms with Crippen molar-refractivity contribution in [3.8, 4) is 0 Å². The smallest absolute Gasteiger partial charge is 0.337 e. The predicted octanol–water partition coefficient (Wildman–Crippen LogP) is 4.28. The van der Waals surface area contributed by atoms with Gasteiger partial charge < -0.3 is 5.11 Å². The van der Waals surface area contributed by atoms with Gasteiger partial charge in [0.1, 0.15) is 5.70 Å². The maximum Gasteiger partial charge on any atom is 0.337 e. The topological polar surface area (TPSA) is 116 Å². The average Bonchev–Trinajstić information content (AvgIpc) is 3.14. The number of rotatable bonds is 7. The number of carboxylic acids is 1. The molecule has 3 aromatic rings. The van der Waals surface area contributed by atoms with Crippen molar-refractivity contribution in [3.05, 3.63) is 100 Å². The summed E-state index contributed by atoms with van der Waals surface area (Å²) in [6.45, 7) is 0. The summed E-state index contributed by atoms with van der Waals surface area (Å²) in [4.78, 5) is 32.0. The number of amidine groups is 1. The van der Waals surface area contributed by atoms with Gasteiger partial charge in [-0.25, -0.2) is 23.2 Å². The van der Waals surface area contributed by atoms with E-state index in [1.54, 1.807) is 48.2 Å². The van der Waals surface area contributed by atoms with Gasteiger partial charge >= 0.3 is 5.97 Å². The normalized spacial score (nSPS) is 14.9. The van der Waals surface area contributed by atoms with E-state index in [0.29, 0.717) is 5.56 Å². The van der Waals surface area contributed by atoms with Crippen molar-refractivity contribution < 1.29 is 23.1 Å². The van der Waals surface area contributed by atoms with Gasteiger partial charge in [0.15, 0.2) is 5.84 Å². The highest BCUT2D eigenvalue weighted by atomic mass is 35.5. The van der Waals surface area contributed by atoms with Crippen LogP contribution in [0.1, 0.15) is 21.5 Å². The van der Waals surface area contributed by atoms with Crippen LogP contribution in [0.2, 0.25) is 5.02 Å². The van der Waals surface area contributed by atoms with Gasteiger partial charge in [-0.1, -0.05) is 54.1 Å². The molecule has 1 aliphatic heterocycles. The Bertz CT molecular complexity index is 1470. The molecule has 4 rings (SSSR count). The molecule has 0 saturated carbocycles. The minimum absolute atomic E-state index is 0.0331. The van der Waals surface area contributed by atoms with E-state index in [1.165, 1.54) is 6.07 Å². The summed E-state index contributed by atoms with van der Waals surface area (Å²) < 4.78 is 26.2. The summed E-state index contributed by atoms with van der Waals surface area (Å²) in [6.07, 6.45) is 3.52. The van der Waals surface area contributed by atoms with E-state index in [1.807, 2.05) is 30.5 Å². The van der Waals surface area contributed by atoms with Crippen LogP contribution in [0.15, 0.2) is 93.3 Å². The molecule has 0 bridgehead atoms. The predicted molar refractivity (Wildman–Crippen MR) is 135 cm³/mol. The van der Waals surface area contributed by atoms with E-state index in [9.17, 15) is 23.1 Å². The van der Waals surface area contributed by atoms with Crippen LogP contribution in [0.25, 0.3) is 6.08 Å². The maximum atomic E-state index is 13.3. The summed E-state index contributed by atoms with van der Waals surface area (Å²) in [5.74, 6) is -1.99. The fraction of sp³-hybridized carbons (Fsp3) is 0.0417. The minimum Gasteiger partial charge on any atom is -0.478 e. The number of nitrogens with one attached hydrogen (secondary N) is 1. The third-order valence-corrected chi connectivity index (χ3v) is 7.37. The average molecular weight is 528 g/mol. The number of sulfonamides is 1. The molecule has 0 aliphatic carbocycles. The van der Waals surface area contributed by atoms with Gasteiger partial charge in [0.05, 0.1) is 15.5 Å². The summed E-state index contributed by atoms with van der Waals surface area (Å²) >= 11 is 7.45. The zero-order chi connectivity index (χ0) is 25.2. The highest BCUT2D eigenvalue weighted by Gasteiger charge is 2.35. The van der Waals surface area contributed by atoms with Crippen LogP contribution in [0, 0.1) is 0 Å². The quantitative estimate of drug-likeness (QED) is 0.350. The third kappa shape index (κ3) is 5.30. The Kier molecular flexibility index (Phi) is 7.08. The SMILES string of the molecule is CSc1ccc(/C=C2\N=C(c3ccccc3)N(NS(=O)(=O)c3ccc(Cl)c(C(=O)O)c3)C2=O)cc1. The van der Waals surface area contributed by atoms with E-state index >= 15 is 0 Å². The van der Waals surface area contributed by atoms with Gasteiger partial charge in [0, 0.05) is 10.5 Å². The lowest BCUT2D eigenvalue weighted by molar-refractivity contribution is -0.123. The number of hydrogen-bond acceptors (Lipinski definition) is 6. The number of carbonyl (C=O) groups excluding carboxylic acids is 1. The number of aliphatic imine (C=N–C) groups is 1. The van der Waals surface area contributed by atoms with Crippen molar-refractivity contribution in [1.29, 1.82) is 0 Å². The van der Waals surface area contributed by atoms with Gasteiger partial charge in [-0.15, -0.1) is 16.6 Å². The maximum absolute atomic E-state index is 13.3. The molecular weight excluding hydrogens is 510 g/mol. The number of carboxylic acid groups (broad SMARTS) is 1. The molecule has 8 nitrogen and oxygen atoms in total. The second-order valence-electron chi connectivity index (χ2n) is 7.29. The van der Waals surface area contributed by atoms with Gasteiger partial charge in [-0.05, 0) is 48.2 Å². The molecule has 35 heavy (non-hydrogen) atoms. The lowest BCUT2D eigenvalue weighted by Gasteiger charge is -2.19. The van der Waals surface area contributed by atoms with Gasteiger partial charge in [0.2, 0.25) is 0 Å². The highest BCUT2D eigenvalue weighted by Crippen LogP contribution is 2.25. The zero-order valence-electron chi connectivity index (χ0n) is 18.2. The zero-order valence-corrected chi connectivity index (χ0v) is 20.6. The van der Waals surface area contributed by atoms with Crippen molar-refractivity contribution in [1.82, 2.24) is 9.84 Å². The Hall–Kier alpha value is -3.44. The molecule has 0 fully saturated rings. The number of amides is 1. The fourth-order valence-electron chi connectivity index (χ4n) is 3.25. The van der Waals surface area contributed by atoms with Crippen LogP contribution in [0.4, 0.5) is 0 Å². The van der Waals surface area contributed by atoms with Crippen LogP contribution in [-0.2, 0) is 14.8 Å². The Morgan fingerprint density at radius 1 is 1.09 bits per heavy atom. The molecule has 0 unspecified atom stereocenters. The van der Waals surface area contributed by atoms with Crippen molar-refractivity contribution in [2.45, 2.75) is 9.79 Å². The van der Waals surface area contributed by atoms with E-state index in [0.717, 1.165) is 27.6 Å². The van der Waals surface area contributed by atoms with E-state index in [2.05, 4.69) is 9.82 Å². The first-order valence-electron chi connectivity index (χ1n) is 10.1. The van der Waals surface area contributed by atoms with Gasteiger partial charge in [-0.2, -0.15) is 0 Å². The van der Waals surface area contributed by atoms with Crippen LogP contribution >= 0.6 is 23.4 Å². The molecule has 2 N–H and O–H groups in total. The number of hydrazine groups is 1. The van der Waals surface area contributed by atoms with Gasteiger partial charge in [0.25, 0.3) is 15.9 Å². The highest BCUT2D eigenvalue weighted by molar-refractivity contribution is 7.98. The van der Waals surface area contributed by atoms with E-state index in [-0.39, 0.29) is 27.0 Å². The van der Waals surface area contributed by atoms with Crippen LogP contribution in [0.5, 0.6) is 0 Å². The first-order valence-corrected chi connectivity index (χ1v) is 13.2. The second-order valence-corrected chi connectivity index (χ2v) is 10.2. The summed E-state index contributed by atoms with van der Waals surface area (Å²) in [5, 5.41) is 10.0. The standard InChI is InChI=1S/C24H18ClN3O5S2/c1-34-17-9-7-15(8-10-17)13-21-23(29)28(22(26-21)16-5-3-2-4-6-16)27-35(32,33)18-11-12-20(25)19(14-18)24(30)31/h2-14,27H,1H3,(H,30,31)/b21-13-. The summed E-state index contributed by atoms with van der Waals surface area (Å²) in [6, 6.07) is 19.3. The number of thioether (sulfide) groups is 1. The first kappa shape index (κ1) is 24.7. The molecular formula is C24H18ClN3O5S2. The number of benzene rings is 3. The lowest BCUT2D eigenvalue weighted by Crippen LogP contribution is -2.47. The van der Waals surface area contributed by atoms with Crippen molar-refractivity contribution in [3.63, 3.8) is 0 Å². The summed E-state index contributed by atoms with van der Waals surface area (Å²) in [5.41, 5.74) is 0.877. The molecule has 11 heteroatoms. The number of carbonyl (C=O) groups is 2. The molecule has 3 aromatic carbocycles. The number of hydrogen-bond donors (Lipinski definition) is 2. The Morgan fingerprint density at radius 3 is 2.40 bits per heavy atom. The summed E-state index contributed by atoms with van der Waals surface area (Å²) in [7, 11) is -4.37. The Labute approximate surface area is 211 Å². The molecule has 178 valence electrons. The van der Waals surface area contributed by atoms with E-state index in [4.69, 9.17) is 11.6 Å². The second kappa shape index (κ2) is 10.0. The molecule has 0 spiro atoms. The van der Waals surface area contributed by atoms with Crippen molar-refractivity contribution in [2.24, 2.45) is 4.99 Å². The van der Waals surface area contributed by atoms with Crippen LogP contribution in [0.3, 0.4) is 0 Å². The van der Waals surface area contributed by atoms with E-state index < -0.39 is 21.9 Å². The number of halogens is 1. The van der Waals surface area contributed by atoms with Crippen LogP contribution in [-0.4, -0.2) is 42.5 Å². The monoisotopic (exact) mass is 527 g/mol. The largest absolute Gasteiger partial charge is 0.478 e. The minimum atomic E-state index is -4.37. The fourth-order valence-corrected chi connectivity index (χ4v) is 4.89. The molecule has 0 atom stereocenters.